The van der Waals surface area contributed by atoms with E-state index in [1.807, 2.05) is 18.5 Å². The minimum absolute atomic E-state index is 0.326. The van der Waals surface area contributed by atoms with Gasteiger partial charge in [0.05, 0.1) is 17.9 Å². The number of carbonyl (C=O) groups is 1. The standard InChI is InChI=1S/C17H31N5O2/c1-5-24-16-15(14(4)19-22(16)11-13(2)3)12-20-7-6-8-21(10-9-20)17(18)23/h13H,5-12H2,1-4H3,(H2,18,23). The van der Waals surface area contributed by atoms with Crippen molar-refractivity contribution in [1.29, 1.82) is 0 Å². The molecular formula is C17H31N5O2. The van der Waals surface area contributed by atoms with Gasteiger partial charge in [0.1, 0.15) is 0 Å². The molecule has 1 fully saturated rings. The van der Waals surface area contributed by atoms with E-state index in [1.165, 1.54) is 0 Å². The maximum Gasteiger partial charge on any atom is 0.314 e. The summed E-state index contributed by atoms with van der Waals surface area (Å²) in [5.41, 5.74) is 7.59. The van der Waals surface area contributed by atoms with Crippen LogP contribution in [0.4, 0.5) is 4.79 Å². The van der Waals surface area contributed by atoms with Crippen LogP contribution in [0.25, 0.3) is 0 Å². The molecule has 1 aliphatic rings. The Hall–Kier alpha value is -1.76. The van der Waals surface area contributed by atoms with E-state index in [0.717, 1.165) is 56.3 Å². The van der Waals surface area contributed by atoms with E-state index in [0.29, 0.717) is 19.1 Å². The van der Waals surface area contributed by atoms with E-state index < -0.39 is 0 Å². The van der Waals surface area contributed by atoms with E-state index in [9.17, 15) is 4.79 Å². The Morgan fingerprint density at radius 3 is 2.67 bits per heavy atom. The Kier molecular flexibility index (Phi) is 6.48. The zero-order chi connectivity index (χ0) is 17.7. The molecule has 0 atom stereocenters. The van der Waals surface area contributed by atoms with Crippen molar-refractivity contribution in [3.05, 3.63) is 11.3 Å². The number of hydrogen-bond donors (Lipinski definition) is 1. The van der Waals surface area contributed by atoms with Crippen molar-refractivity contribution < 1.29 is 9.53 Å². The minimum Gasteiger partial charge on any atom is -0.478 e. The van der Waals surface area contributed by atoms with Crippen molar-refractivity contribution in [1.82, 2.24) is 19.6 Å². The maximum atomic E-state index is 11.4. The maximum absolute atomic E-state index is 11.4. The number of amides is 2. The number of aromatic nitrogens is 2. The molecule has 2 heterocycles. The van der Waals surface area contributed by atoms with Gasteiger partial charge in [-0.2, -0.15) is 5.10 Å². The Morgan fingerprint density at radius 1 is 1.29 bits per heavy atom. The number of hydrogen-bond acceptors (Lipinski definition) is 4. The first kappa shape index (κ1) is 18.6. The van der Waals surface area contributed by atoms with E-state index in [4.69, 9.17) is 10.5 Å². The number of ether oxygens (including phenoxy) is 1. The summed E-state index contributed by atoms with van der Waals surface area (Å²) in [5.74, 6) is 1.40. The first-order valence-electron chi connectivity index (χ1n) is 8.88. The molecule has 0 unspecified atom stereocenters. The minimum atomic E-state index is -0.326. The topological polar surface area (TPSA) is 76.6 Å². The van der Waals surface area contributed by atoms with Crippen molar-refractivity contribution in [3.63, 3.8) is 0 Å². The Labute approximate surface area is 144 Å². The number of nitrogens with zero attached hydrogens (tertiary/aromatic N) is 4. The summed E-state index contributed by atoms with van der Waals surface area (Å²) in [7, 11) is 0. The van der Waals surface area contributed by atoms with Crippen LogP contribution in [0.15, 0.2) is 0 Å². The summed E-state index contributed by atoms with van der Waals surface area (Å²) in [6.45, 7) is 13.9. The van der Waals surface area contributed by atoms with Crippen LogP contribution in [-0.4, -0.2) is 58.4 Å². The molecule has 136 valence electrons. The molecule has 24 heavy (non-hydrogen) atoms. The molecule has 1 aliphatic heterocycles. The average molecular weight is 337 g/mol. The summed E-state index contributed by atoms with van der Waals surface area (Å²) in [5, 5.41) is 4.68. The fourth-order valence-electron chi connectivity index (χ4n) is 3.12. The quantitative estimate of drug-likeness (QED) is 0.859. The van der Waals surface area contributed by atoms with Crippen LogP contribution in [0.5, 0.6) is 5.88 Å². The van der Waals surface area contributed by atoms with Crippen LogP contribution < -0.4 is 10.5 Å². The third-order valence-corrected chi connectivity index (χ3v) is 4.30. The summed E-state index contributed by atoms with van der Waals surface area (Å²) in [4.78, 5) is 15.4. The van der Waals surface area contributed by atoms with Crippen molar-refractivity contribution in [2.75, 3.05) is 32.8 Å². The third-order valence-electron chi connectivity index (χ3n) is 4.30. The SMILES string of the molecule is CCOc1c(CN2CCCN(C(N)=O)CC2)c(C)nn1CC(C)C. The molecule has 0 bridgehead atoms. The molecule has 2 N–H and O–H groups in total. The number of nitrogens with two attached hydrogens (primary N) is 1. The summed E-state index contributed by atoms with van der Waals surface area (Å²) < 4.78 is 7.90. The normalized spacial score (nSPS) is 16.5. The zero-order valence-electron chi connectivity index (χ0n) is 15.4. The van der Waals surface area contributed by atoms with Crippen molar-refractivity contribution >= 4 is 6.03 Å². The Balaban J connectivity index is 2.13. The molecule has 1 aromatic rings. The molecule has 1 aromatic heterocycles. The highest BCUT2D eigenvalue weighted by atomic mass is 16.5. The van der Waals surface area contributed by atoms with Crippen molar-refractivity contribution in [3.8, 4) is 5.88 Å². The van der Waals surface area contributed by atoms with Gasteiger partial charge < -0.3 is 15.4 Å². The number of aryl methyl sites for hydroxylation is 1. The van der Waals surface area contributed by atoms with Gasteiger partial charge in [0, 0.05) is 39.3 Å². The molecule has 0 aromatic carbocycles. The van der Waals surface area contributed by atoms with Gasteiger partial charge in [-0.25, -0.2) is 9.48 Å². The van der Waals surface area contributed by atoms with E-state index in [-0.39, 0.29) is 6.03 Å². The van der Waals surface area contributed by atoms with Crippen LogP contribution >= 0.6 is 0 Å². The van der Waals surface area contributed by atoms with Crippen LogP contribution in [0.3, 0.4) is 0 Å². The van der Waals surface area contributed by atoms with Gasteiger partial charge in [-0.05, 0) is 26.2 Å². The monoisotopic (exact) mass is 337 g/mol. The third kappa shape index (κ3) is 4.63. The number of primary amides is 1. The van der Waals surface area contributed by atoms with Gasteiger partial charge in [0.2, 0.25) is 5.88 Å². The zero-order valence-corrected chi connectivity index (χ0v) is 15.4. The summed E-state index contributed by atoms with van der Waals surface area (Å²) in [6.07, 6.45) is 0.937. The van der Waals surface area contributed by atoms with E-state index in [1.54, 1.807) is 4.90 Å². The summed E-state index contributed by atoms with van der Waals surface area (Å²) >= 11 is 0. The lowest BCUT2D eigenvalue weighted by Crippen LogP contribution is -2.38. The fourth-order valence-corrected chi connectivity index (χ4v) is 3.12. The molecule has 2 amide bonds. The smallest absolute Gasteiger partial charge is 0.314 e. The molecule has 0 saturated carbocycles. The molecule has 1 saturated heterocycles. The lowest BCUT2D eigenvalue weighted by Gasteiger charge is -2.21. The molecule has 2 rings (SSSR count). The van der Waals surface area contributed by atoms with Gasteiger partial charge in [0.15, 0.2) is 0 Å². The second kappa shape index (κ2) is 8.37. The number of rotatable bonds is 6. The van der Waals surface area contributed by atoms with Crippen LogP contribution in [0.1, 0.15) is 38.4 Å². The predicted octanol–water partition coefficient (Wildman–Crippen LogP) is 1.83. The van der Waals surface area contributed by atoms with Gasteiger partial charge in [-0.15, -0.1) is 0 Å². The van der Waals surface area contributed by atoms with Gasteiger partial charge in [-0.3, -0.25) is 4.90 Å². The van der Waals surface area contributed by atoms with Crippen molar-refractivity contribution in [2.24, 2.45) is 11.7 Å². The number of carbonyl (C=O) groups excluding carboxylic acids is 1. The first-order chi connectivity index (χ1) is 11.4. The summed E-state index contributed by atoms with van der Waals surface area (Å²) in [6, 6.07) is -0.326. The molecule has 0 spiro atoms. The average Bonchev–Trinajstić information content (AvgIpc) is 2.68. The van der Waals surface area contributed by atoms with Gasteiger partial charge >= 0.3 is 6.03 Å². The highest BCUT2D eigenvalue weighted by molar-refractivity contribution is 5.71. The highest BCUT2D eigenvalue weighted by Crippen LogP contribution is 2.25. The Morgan fingerprint density at radius 2 is 2.04 bits per heavy atom. The first-order valence-corrected chi connectivity index (χ1v) is 8.88. The van der Waals surface area contributed by atoms with Crippen LogP contribution in [-0.2, 0) is 13.1 Å². The number of urea groups is 1. The highest BCUT2D eigenvalue weighted by Gasteiger charge is 2.22. The van der Waals surface area contributed by atoms with Gasteiger partial charge in [-0.1, -0.05) is 13.8 Å². The van der Waals surface area contributed by atoms with Crippen LogP contribution in [0, 0.1) is 12.8 Å². The lowest BCUT2D eigenvalue weighted by molar-refractivity contribution is 0.206. The fraction of sp³-hybridized carbons (Fsp3) is 0.765. The predicted molar refractivity (Wildman–Crippen MR) is 94.0 cm³/mol. The molecule has 0 radical (unpaired) electrons. The molecular weight excluding hydrogens is 306 g/mol. The lowest BCUT2D eigenvalue weighted by atomic mass is 10.2. The molecule has 0 aliphatic carbocycles. The largest absolute Gasteiger partial charge is 0.478 e. The van der Waals surface area contributed by atoms with E-state index >= 15 is 0 Å². The van der Waals surface area contributed by atoms with Crippen molar-refractivity contribution in [2.45, 2.75) is 47.2 Å². The Bertz CT molecular complexity index is 555. The van der Waals surface area contributed by atoms with Crippen LogP contribution in [0.2, 0.25) is 0 Å². The molecule has 7 heteroatoms. The second-order valence-electron chi connectivity index (χ2n) is 6.83. The van der Waals surface area contributed by atoms with E-state index in [2.05, 4.69) is 23.8 Å². The molecule has 7 nitrogen and oxygen atoms in total. The van der Waals surface area contributed by atoms with Gasteiger partial charge in [0.25, 0.3) is 0 Å². The second-order valence-corrected chi connectivity index (χ2v) is 6.83.